The molecule has 2 aromatic rings. The number of aromatic nitrogens is 3. The van der Waals surface area contributed by atoms with Gasteiger partial charge in [0.2, 0.25) is 0 Å². The average molecular weight is 335 g/mol. The van der Waals surface area contributed by atoms with Gasteiger partial charge in [-0.3, -0.25) is 9.67 Å². The molecule has 0 amide bonds. The summed E-state index contributed by atoms with van der Waals surface area (Å²) < 4.78 is 65.4. The quantitative estimate of drug-likeness (QED) is 0.723. The third-order valence-corrected chi connectivity index (χ3v) is 3.45. The van der Waals surface area contributed by atoms with E-state index in [2.05, 4.69) is 10.1 Å². The molecule has 2 heterocycles. The number of nitrogens with zero attached hydrogens (tertiary/aromatic N) is 3. The van der Waals surface area contributed by atoms with E-state index < -0.39 is 18.3 Å². The second kappa shape index (κ2) is 6.25. The number of alkyl halides is 5. The lowest BCUT2D eigenvalue weighted by Crippen LogP contribution is -2.13. The van der Waals surface area contributed by atoms with Crippen molar-refractivity contribution in [3.05, 3.63) is 34.1 Å². The zero-order valence-electron chi connectivity index (χ0n) is 12.4. The Morgan fingerprint density at radius 1 is 1.09 bits per heavy atom. The molecule has 2 aromatic heterocycles. The molecule has 0 radical (unpaired) electrons. The highest BCUT2D eigenvalue weighted by Crippen LogP contribution is 2.37. The Morgan fingerprint density at radius 2 is 1.65 bits per heavy atom. The topological polar surface area (TPSA) is 30.7 Å². The second-order valence-electron chi connectivity index (χ2n) is 5.07. The molecule has 0 atom stereocenters. The van der Waals surface area contributed by atoms with Gasteiger partial charge in [0.25, 0.3) is 6.43 Å². The minimum absolute atomic E-state index is 0. The van der Waals surface area contributed by atoms with Crippen LogP contribution < -0.4 is 0 Å². The zero-order chi connectivity index (χ0) is 16.8. The summed E-state index contributed by atoms with van der Waals surface area (Å²) in [6.07, 6.45) is -7.23. The van der Waals surface area contributed by atoms with Crippen molar-refractivity contribution < 1.29 is 22.0 Å². The maximum atomic E-state index is 13.0. The van der Waals surface area contributed by atoms with Crippen LogP contribution in [-0.4, -0.2) is 14.8 Å². The van der Waals surface area contributed by atoms with Crippen LogP contribution >= 0.6 is 0 Å². The van der Waals surface area contributed by atoms with E-state index in [1.165, 1.54) is 33.9 Å². The predicted octanol–water partition coefficient (Wildman–Crippen LogP) is 5.00. The molecular formula is C15H18F5N3. The number of hydrogen-bond donors (Lipinski definition) is 0. The lowest BCUT2D eigenvalue weighted by molar-refractivity contribution is -0.144. The Hall–Kier alpha value is -1.99. The molecule has 0 bridgehead atoms. The third-order valence-electron chi connectivity index (χ3n) is 3.45. The normalized spacial score (nSPS) is 11.7. The van der Waals surface area contributed by atoms with Crippen LogP contribution in [0.3, 0.4) is 0 Å². The molecule has 0 saturated carbocycles. The van der Waals surface area contributed by atoms with Crippen LogP contribution in [0.25, 0.3) is 11.4 Å². The third kappa shape index (κ3) is 3.35. The van der Waals surface area contributed by atoms with E-state index >= 15 is 0 Å². The van der Waals surface area contributed by atoms with Crippen molar-refractivity contribution in [1.29, 1.82) is 0 Å². The number of hydrogen-bond acceptors (Lipinski definition) is 2. The van der Waals surface area contributed by atoms with Gasteiger partial charge in [0.1, 0.15) is 11.4 Å². The SMILES string of the molecule is C.Cc1cc(C(F)F)c(C)nc1-c1nn(C)c(C(F)(F)F)c1C. The Kier molecular flexibility index (Phi) is 5.18. The summed E-state index contributed by atoms with van der Waals surface area (Å²) in [5, 5.41) is 3.87. The molecule has 0 unspecified atom stereocenters. The Balaban J connectivity index is 0.00000264. The van der Waals surface area contributed by atoms with Crippen molar-refractivity contribution in [2.24, 2.45) is 7.05 Å². The molecule has 0 aliphatic carbocycles. The van der Waals surface area contributed by atoms with E-state index in [0.717, 1.165) is 4.68 Å². The molecule has 0 spiro atoms. The lowest BCUT2D eigenvalue weighted by Gasteiger charge is -2.10. The van der Waals surface area contributed by atoms with Gasteiger partial charge < -0.3 is 0 Å². The van der Waals surface area contributed by atoms with E-state index in [1.807, 2.05) is 0 Å². The number of pyridine rings is 1. The highest BCUT2D eigenvalue weighted by atomic mass is 19.4. The molecular weight excluding hydrogens is 317 g/mol. The van der Waals surface area contributed by atoms with Crippen molar-refractivity contribution >= 4 is 0 Å². The number of halogens is 5. The molecule has 0 saturated heterocycles. The van der Waals surface area contributed by atoms with Crippen LogP contribution in [0.2, 0.25) is 0 Å². The predicted molar refractivity (Wildman–Crippen MR) is 77.3 cm³/mol. The van der Waals surface area contributed by atoms with Crippen LogP contribution in [0.15, 0.2) is 6.07 Å². The van der Waals surface area contributed by atoms with Crippen molar-refractivity contribution in [3.8, 4) is 11.4 Å². The first-order valence-corrected chi connectivity index (χ1v) is 6.41. The van der Waals surface area contributed by atoms with E-state index in [1.54, 1.807) is 0 Å². The second-order valence-corrected chi connectivity index (χ2v) is 5.07. The minimum atomic E-state index is -4.55. The van der Waals surface area contributed by atoms with Crippen LogP contribution in [0.4, 0.5) is 22.0 Å². The first-order valence-electron chi connectivity index (χ1n) is 6.41. The fourth-order valence-electron chi connectivity index (χ4n) is 2.44. The van der Waals surface area contributed by atoms with Gasteiger partial charge in [-0.25, -0.2) is 8.78 Å². The Labute approximate surface area is 131 Å². The molecule has 128 valence electrons. The fraction of sp³-hybridized carbons (Fsp3) is 0.467. The van der Waals surface area contributed by atoms with Gasteiger partial charge in [0.05, 0.1) is 5.69 Å². The summed E-state index contributed by atoms with van der Waals surface area (Å²) in [5.74, 6) is 0. The van der Waals surface area contributed by atoms with Gasteiger partial charge in [-0.2, -0.15) is 18.3 Å². The first kappa shape index (κ1) is 19.1. The van der Waals surface area contributed by atoms with Crippen molar-refractivity contribution in [3.63, 3.8) is 0 Å². The molecule has 0 fully saturated rings. The van der Waals surface area contributed by atoms with Crippen LogP contribution in [0.1, 0.15) is 41.9 Å². The number of rotatable bonds is 2. The first-order chi connectivity index (χ1) is 10.0. The van der Waals surface area contributed by atoms with Crippen LogP contribution in [0, 0.1) is 20.8 Å². The molecule has 0 N–H and O–H groups in total. The molecule has 23 heavy (non-hydrogen) atoms. The van der Waals surface area contributed by atoms with E-state index in [0.29, 0.717) is 5.56 Å². The van der Waals surface area contributed by atoms with Gasteiger partial charge in [-0.05, 0) is 32.4 Å². The molecule has 2 rings (SSSR count). The zero-order valence-corrected chi connectivity index (χ0v) is 12.4. The maximum Gasteiger partial charge on any atom is 0.433 e. The van der Waals surface area contributed by atoms with Gasteiger partial charge in [-0.15, -0.1) is 0 Å². The van der Waals surface area contributed by atoms with E-state index in [9.17, 15) is 22.0 Å². The van der Waals surface area contributed by atoms with Gasteiger partial charge in [-0.1, -0.05) is 7.43 Å². The summed E-state index contributed by atoms with van der Waals surface area (Å²) in [4.78, 5) is 4.04. The highest BCUT2D eigenvalue weighted by molar-refractivity contribution is 5.64. The van der Waals surface area contributed by atoms with Crippen LogP contribution in [0.5, 0.6) is 0 Å². The molecule has 3 nitrogen and oxygen atoms in total. The highest BCUT2D eigenvalue weighted by Gasteiger charge is 2.38. The van der Waals surface area contributed by atoms with Gasteiger partial charge in [0.15, 0.2) is 0 Å². The fourth-order valence-corrected chi connectivity index (χ4v) is 2.44. The van der Waals surface area contributed by atoms with Crippen molar-refractivity contribution in [2.75, 3.05) is 0 Å². The van der Waals surface area contributed by atoms with Crippen molar-refractivity contribution in [1.82, 2.24) is 14.8 Å². The Morgan fingerprint density at radius 3 is 2.09 bits per heavy atom. The minimum Gasteiger partial charge on any atom is -0.263 e. The molecule has 0 aliphatic rings. The summed E-state index contributed by atoms with van der Waals surface area (Å²) in [6.45, 7) is 4.21. The van der Waals surface area contributed by atoms with E-state index in [-0.39, 0.29) is 35.6 Å². The molecule has 0 aliphatic heterocycles. The molecule has 0 aromatic carbocycles. The number of aryl methyl sites for hydroxylation is 3. The summed E-state index contributed by atoms with van der Waals surface area (Å²) in [7, 11) is 1.19. The Bertz CT molecular complexity index is 717. The van der Waals surface area contributed by atoms with Gasteiger partial charge >= 0.3 is 6.18 Å². The smallest absolute Gasteiger partial charge is 0.263 e. The summed E-state index contributed by atoms with van der Waals surface area (Å²) in [5.41, 5.74) is -0.508. The molecule has 8 heteroatoms. The summed E-state index contributed by atoms with van der Waals surface area (Å²) >= 11 is 0. The van der Waals surface area contributed by atoms with Gasteiger partial charge in [0, 0.05) is 23.9 Å². The monoisotopic (exact) mass is 335 g/mol. The standard InChI is InChI=1S/C14H14F5N3.CH4/c1-6-5-9(13(15)16)8(3)20-10(6)11-7(2)12(14(17,18)19)22(4)21-11;/h5,13H,1-4H3;1H4. The lowest BCUT2D eigenvalue weighted by atomic mass is 10.0. The largest absolute Gasteiger partial charge is 0.433 e. The average Bonchev–Trinajstić information content (AvgIpc) is 2.66. The van der Waals surface area contributed by atoms with Crippen molar-refractivity contribution in [2.45, 2.75) is 40.8 Å². The van der Waals surface area contributed by atoms with E-state index in [4.69, 9.17) is 0 Å². The van der Waals surface area contributed by atoms with Crippen LogP contribution in [-0.2, 0) is 13.2 Å². The summed E-state index contributed by atoms with van der Waals surface area (Å²) in [6, 6.07) is 1.24. The maximum absolute atomic E-state index is 13.0.